The third-order valence-electron chi connectivity index (χ3n) is 5.88. The summed E-state index contributed by atoms with van der Waals surface area (Å²) in [6, 6.07) is 6.49. The standard InChI is InChI=1S/C23H31FN4O.C3H8/c1-23(2,3)13-20(29)25-22-21(17-7-9-18(24)10-8-17)19-15-27(11-12-28(19)26-22)14-16-5-4-6-16;1-3-2/h7-10,16H,4-6,11-15H2,1-3H3,(H,25,26,29);3H2,1-2H3. The van der Waals surface area contributed by atoms with Crippen molar-refractivity contribution in [2.45, 2.75) is 79.8 Å². The number of carbonyl (C=O) groups is 1. The Labute approximate surface area is 192 Å². The van der Waals surface area contributed by atoms with Gasteiger partial charge in [-0.3, -0.25) is 14.4 Å². The molecule has 0 saturated heterocycles. The maximum absolute atomic E-state index is 13.5. The van der Waals surface area contributed by atoms with Gasteiger partial charge >= 0.3 is 0 Å². The van der Waals surface area contributed by atoms with Crippen molar-refractivity contribution in [2.24, 2.45) is 11.3 Å². The van der Waals surface area contributed by atoms with Crippen molar-refractivity contribution in [1.29, 1.82) is 0 Å². The van der Waals surface area contributed by atoms with E-state index in [1.807, 2.05) is 25.5 Å². The first-order chi connectivity index (χ1) is 15.2. The van der Waals surface area contributed by atoms with Gasteiger partial charge in [0.1, 0.15) is 5.82 Å². The van der Waals surface area contributed by atoms with E-state index in [9.17, 15) is 9.18 Å². The summed E-state index contributed by atoms with van der Waals surface area (Å²) in [5.74, 6) is 1.10. The maximum Gasteiger partial charge on any atom is 0.226 e. The lowest BCUT2D eigenvalue weighted by atomic mass is 9.85. The Morgan fingerprint density at radius 3 is 2.38 bits per heavy atom. The lowest BCUT2D eigenvalue weighted by Crippen LogP contribution is -2.38. The number of benzene rings is 1. The molecule has 176 valence electrons. The summed E-state index contributed by atoms with van der Waals surface area (Å²) in [5.41, 5.74) is 2.82. The zero-order valence-electron chi connectivity index (χ0n) is 20.4. The number of nitrogens with one attached hydrogen (secondary N) is 1. The monoisotopic (exact) mass is 442 g/mol. The molecular weight excluding hydrogens is 403 g/mol. The molecule has 2 aliphatic rings. The second-order valence-electron chi connectivity index (χ2n) is 10.4. The number of amides is 1. The number of anilines is 1. The molecule has 1 N–H and O–H groups in total. The van der Waals surface area contributed by atoms with Crippen LogP contribution in [0.4, 0.5) is 10.2 Å². The van der Waals surface area contributed by atoms with Crippen LogP contribution < -0.4 is 5.32 Å². The zero-order chi connectivity index (χ0) is 23.3. The van der Waals surface area contributed by atoms with Crippen LogP contribution >= 0.6 is 0 Å². The molecule has 2 aromatic rings. The Kier molecular flexibility index (Phi) is 8.10. The number of halogens is 1. The molecule has 0 bridgehead atoms. The molecule has 1 aliphatic heterocycles. The predicted molar refractivity (Wildman–Crippen MR) is 129 cm³/mol. The average molecular weight is 443 g/mol. The van der Waals surface area contributed by atoms with Gasteiger partial charge < -0.3 is 5.32 Å². The fourth-order valence-corrected chi connectivity index (χ4v) is 4.23. The molecule has 0 atom stereocenters. The SMILES string of the molecule is CC(C)(C)CC(=O)Nc1nn2c(c1-c1ccc(F)cc1)CN(CC1CCC1)CC2.CCC. The summed E-state index contributed by atoms with van der Waals surface area (Å²) < 4.78 is 15.5. The molecule has 1 aromatic carbocycles. The fraction of sp³-hybridized carbons (Fsp3) is 0.615. The molecule has 0 radical (unpaired) electrons. The molecule has 1 amide bonds. The van der Waals surface area contributed by atoms with Crippen LogP contribution in [0.25, 0.3) is 11.1 Å². The van der Waals surface area contributed by atoms with Crippen molar-refractivity contribution in [3.8, 4) is 11.1 Å². The van der Waals surface area contributed by atoms with Crippen LogP contribution in [0.2, 0.25) is 0 Å². The lowest BCUT2D eigenvalue weighted by Gasteiger charge is -2.34. The number of nitrogens with zero attached hydrogens (tertiary/aromatic N) is 3. The van der Waals surface area contributed by atoms with Crippen LogP contribution in [-0.2, 0) is 17.9 Å². The van der Waals surface area contributed by atoms with E-state index in [1.54, 1.807) is 12.1 Å². The molecule has 1 aliphatic carbocycles. The number of carbonyl (C=O) groups excluding carboxylic acids is 1. The smallest absolute Gasteiger partial charge is 0.226 e. The first-order valence-electron chi connectivity index (χ1n) is 12.1. The quantitative estimate of drug-likeness (QED) is 0.609. The highest BCUT2D eigenvalue weighted by molar-refractivity contribution is 5.95. The van der Waals surface area contributed by atoms with Crippen LogP contribution in [-0.4, -0.2) is 33.7 Å². The van der Waals surface area contributed by atoms with Crippen molar-refractivity contribution >= 4 is 11.7 Å². The molecule has 6 heteroatoms. The molecule has 1 fully saturated rings. The summed E-state index contributed by atoms with van der Waals surface area (Å²) in [6.07, 6.45) is 5.68. The summed E-state index contributed by atoms with van der Waals surface area (Å²) in [5, 5.41) is 7.76. The number of hydrogen-bond donors (Lipinski definition) is 1. The molecule has 32 heavy (non-hydrogen) atoms. The predicted octanol–water partition coefficient (Wildman–Crippen LogP) is 6.10. The van der Waals surface area contributed by atoms with Gasteiger partial charge in [-0.2, -0.15) is 5.10 Å². The minimum absolute atomic E-state index is 0.0392. The molecule has 1 saturated carbocycles. The van der Waals surface area contributed by atoms with Gasteiger partial charge in [0.25, 0.3) is 0 Å². The highest BCUT2D eigenvalue weighted by Crippen LogP contribution is 2.36. The summed E-state index contributed by atoms with van der Waals surface area (Å²) >= 11 is 0. The van der Waals surface area contributed by atoms with E-state index in [0.29, 0.717) is 12.2 Å². The largest absolute Gasteiger partial charge is 0.309 e. The van der Waals surface area contributed by atoms with Gasteiger partial charge in [0.05, 0.1) is 12.2 Å². The second kappa shape index (κ2) is 10.6. The Hall–Kier alpha value is -2.21. The minimum Gasteiger partial charge on any atom is -0.309 e. The van der Waals surface area contributed by atoms with E-state index in [1.165, 1.54) is 37.8 Å². The van der Waals surface area contributed by atoms with Crippen LogP contribution in [0.3, 0.4) is 0 Å². The Morgan fingerprint density at radius 2 is 1.81 bits per heavy atom. The number of fused-ring (bicyclic) bond motifs is 1. The van der Waals surface area contributed by atoms with Crippen LogP contribution in [0.15, 0.2) is 24.3 Å². The Balaban J connectivity index is 0.000000913. The van der Waals surface area contributed by atoms with E-state index in [2.05, 4.69) is 24.1 Å². The van der Waals surface area contributed by atoms with E-state index in [0.717, 1.165) is 48.9 Å². The van der Waals surface area contributed by atoms with Crippen LogP contribution in [0.5, 0.6) is 0 Å². The normalized spacial score (nSPS) is 16.6. The highest BCUT2D eigenvalue weighted by Gasteiger charge is 2.29. The Morgan fingerprint density at radius 1 is 1.16 bits per heavy atom. The molecule has 1 aromatic heterocycles. The molecule has 4 rings (SSSR count). The van der Waals surface area contributed by atoms with E-state index < -0.39 is 0 Å². The molecular formula is C26H39FN4O. The fourth-order valence-electron chi connectivity index (χ4n) is 4.23. The first-order valence-corrected chi connectivity index (χ1v) is 12.1. The highest BCUT2D eigenvalue weighted by atomic mass is 19.1. The van der Waals surface area contributed by atoms with Crippen molar-refractivity contribution in [3.63, 3.8) is 0 Å². The molecule has 0 unspecified atom stereocenters. The number of rotatable bonds is 5. The van der Waals surface area contributed by atoms with Crippen LogP contribution in [0.1, 0.15) is 72.4 Å². The van der Waals surface area contributed by atoms with Gasteiger partial charge in [0.15, 0.2) is 5.82 Å². The zero-order valence-corrected chi connectivity index (χ0v) is 20.4. The van der Waals surface area contributed by atoms with Gasteiger partial charge in [-0.05, 0) is 41.9 Å². The second-order valence-corrected chi connectivity index (χ2v) is 10.4. The lowest BCUT2D eigenvalue weighted by molar-refractivity contribution is -0.117. The van der Waals surface area contributed by atoms with Gasteiger partial charge in [0, 0.05) is 31.6 Å². The third-order valence-corrected chi connectivity index (χ3v) is 5.88. The number of hydrogen-bond acceptors (Lipinski definition) is 3. The van der Waals surface area contributed by atoms with E-state index >= 15 is 0 Å². The average Bonchev–Trinajstić information content (AvgIpc) is 3.01. The Bertz CT molecular complexity index is 894. The van der Waals surface area contributed by atoms with Crippen molar-refractivity contribution in [2.75, 3.05) is 18.4 Å². The minimum atomic E-state index is -0.264. The van der Waals surface area contributed by atoms with Crippen molar-refractivity contribution in [1.82, 2.24) is 14.7 Å². The third kappa shape index (κ3) is 6.41. The van der Waals surface area contributed by atoms with Gasteiger partial charge in [-0.25, -0.2) is 4.39 Å². The van der Waals surface area contributed by atoms with Gasteiger partial charge in [-0.15, -0.1) is 0 Å². The van der Waals surface area contributed by atoms with Crippen molar-refractivity contribution in [3.05, 3.63) is 35.8 Å². The summed E-state index contributed by atoms with van der Waals surface area (Å²) in [6.45, 7) is 14.1. The summed E-state index contributed by atoms with van der Waals surface area (Å²) in [7, 11) is 0. The van der Waals surface area contributed by atoms with Gasteiger partial charge in [-0.1, -0.05) is 59.6 Å². The van der Waals surface area contributed by atoms with E-state index in [4.69, 9.17) is 5.10 Å². The molecule has 5 nitrogen and oxygen atoms in total. The van der Waals surface area contributed by atoms with Crippen molar-refractivity contribution < 1.29 is 9.18 Å². The maximum atomic E-state index is 13.5. The van der Waals surface area contributed by atoms with Gasteiger partial charge in [0.2, 0.25) is 5.91 Å². The molecule has 0 spiro atoms. The topological polar surface area (TPSA) is 50.2 Å². The van der Waals surface area contributed by atoms with Crippen LogP contribution in [0, 0.1) is 17.2 Å². The first kappa shape index (κ1) is 24.4. The number of aromatic nitrogens is 2. The van der Waals surface area contributed by atoms with E-state index in [-0.39, 0.29) is 17.1 Å². The summed E-state index contributed by atoms with van der Waals surface area (Å²) in [4.78, 5) is 15.1. The molecule has 2 heterocycles.